The number of carbonyl (C=O) groups is 2. The first-order chi connectivity index (χ1) is 8.66. The highest BCUT2D eigenvalue weighted by atomic mass is 32.2. The van der Waals surface area contributed by atoms with Crippen LogP contribution in [0, 0.1) is 5.92 Å². The molecule has 0 aromatic heterocycles. The van der Waals surface area contributed by atoms with Crippen LogP contribution in [0.5, 0.6) is 0 Å². The van der Waals surface area contributed by atoms with E-state index in [2.05, 4.69) is 5.32 Å². The minimum Gasteiger partial charge on any atom is -0.480 e. The van der Waals surface area contributed by atoms with Gasteiger partial charge in [-0.2, -0.15) is 11.8 Å². The van der Waals surface area contributed by atoms with Crippen molar-refractivity contribution in [2.45, 2.75) is 37.4 Å². The van der Waals surface area contributed by atoms with Crippen LogP contribution >= 0.6 is 11.8 Å². The van der Waals surface area contributed by atoms with E-state index in [0.29, 0.717) is 18.3 Å². The molecule has 6 heteroatoms. The highest BCUT2D eigenvalue weighted by Gasteiger charge is 2.46. The first-order valence-corrected chi connectivity index (χ1v) is 7.69. The van der Waals surface area contributed by atoms with Crippen LogP contribution in [0.4, 0.5) is 0 Å². The number of hydrogen-bond acceptors (Lipinski definition) is 4. The Hall–Kier alpha value is -0.750. The van der Waals surface area contributed by atoms with Gasteiger partial charge in [-0.05, 0) is 19.3 Å². The molecule has 3 saturated heterocycles. The number of carbonyl (C=O) groups excluding carboxylic acids is 1. The third-order valence-electron chi connectivity index (χ3n) is 4.31. The summed E-state index contributed by atoms with van der Waals surface area (Å²) in [6, 6.07) is 0.133. The normalized spacial score (nSPS) is 39.0. The fraction of sp³-hybridized carbons (Fsp3) is 0.833. The molecule has 3 heterocycles. The molecule has 0 aliphatic carbocycles. The molecule has 2 bridgehead atoms. The molecule has 0 saturated carbocycles. The number of carboxylic acid groups (broad SMARTS) is 1. The van der Waals surface area contributed by atoms with Crippen molar-refractivity contribution in [2.75, 3.05) is 18.1 Å². The topological polar surface area (TPSA) is 69.6 Å². The molecule has 4 unspecified atom stereocenters. The maximum absolute atomic E-state index is 12.5. The Labute approximate surface area is 110 Å². The number of carboxylic acids is 1. The van der Waals surface area contributed by atoms with Gasteiger partial charge in [0.25, 0.3) is 0 Å². The van der Waals surface area contributed by atoms with Gasteiger partial charge < -0.3 is 15.3 Å². The quantitative estimate of drug-likeness (QED) is 0.748. The molecule has 4 atom stereocenters. The number of aliphatic carboxylic acids is 1. The number of amides is 1. The van der Waals surface area contributed by atoms with Crippen molar-refractivity contribution in [3.05, 3.63) is 0 Å². The summed E-state index contributed by atoms with van der Waals surface area (Å²) in [4.78, 5) is 25.3. The molecule has 1 amide bonds. The lowest BCUT2D eigenvalue weighted by Gasteiger charge is -2.35. The van der Waals surface area contributed by atoms with Gasteiger partial charge in [-0.3, -0.25) is 4.79 Å². The molecule has 0 aromatic rings. The van der Waals surface area contributed by atoms with Gasteiger partial charge in [0.05, 0.1) is 5.92 Å². The summed E-state index contributed by atoms with van der Waals surface area (Å²) in [6.45, 7) is 0.578. The zero-order chi connectivity index (χ0) is 12.7. The van der Waals surface area contributed by atoms with Crippen molar-refractivity contribution in [1.82, 2.24) is 10.2 Å². The van der Waals surface area contributed by atoms with Gasteiger partial charge in [0, 0.05) is 30.1 Å². The lowest BCUT2D eigenvalue weighted by atomic mass is 9.88. The predicted octanol–water partition coefficient (Wildman–Crippen LogP) is 0.156. The summed E-state index contributed by atoms with van der Waals surface area (Å²) in [7, 11) is 0. The second-order valence-corrected chi connectivity index (χ2v) is 6.50. The standard InChI is InChI=1S/C12H18N2O3S/c15-11(8-5-7-1-2-9(8)13-7)14-3-4-18-6-10(14)12(16)17/h7-10,13H,1-6H2,(H,16,17). The average molecular weight is 270 g/mol. The van der Waals surface area contributed by atoms with E-state index in [1.807, 2.05) is 0 Å². The summed E-state index contributed by atoms with van der Waals surface area (Å²) in [5.41, 5.74) is 0. The van der Waals surface area contributed by atoms with Crippen molar-refractivity contribution in [2.24, 2.45) is 5.92 Å². The summed E-state index contributed by atoms with van der Waals surface area (Å²) < 4.78 is 0. The van der Waals surface area contributed by atoms with Crippen molar-refractivity contribution in [3.8, 4) is 0 Å². The Balaban J connectivity index is 1.72. The third kappa shape index (κ3) is 2.01. The summed E-state index contributed by atoms with van der Waals surface area (Å²) in [5.74, 6) is 0.571. The summed E-state index contributed by atoms with van der Waals surface area (Å²) in [6.07, 6.45) is 3.10. The highest BCUT2D eigenvalue weighted by Crippen LogP contribution is 2.35. The minimum atomic E-state index is -0.869. The average Bonchev–Trinajstić information content (AvgIpc) is 3.00. The van der Waals surface area contributed by atoms with Crippen LogP contribution in [0.15, 0.2) is 0 Å². The van der Waals surface area contributed by atoms with E-state index in [1.165, 1.54) is 0 Å². The van der Waals surface area contributed by atoms with Gasteiger partial charge in [-0.15, -0.1) is 0 Å². The molecule has 0 aromatic carbocycles. The van der Waals surface area contributed by atoms with Gasteiger partial charge in [0.15, 0.2) is 0 Å². The lowest BCUT2D eigenvalue weighted by Crippen LogP contribution is -2.53. The Morgan fingerprint density at radius 2 is 2.17 bits per heavy atom. The molecule has 3 rings (SSSR count). The third-order valence-corrected chi connectivity index (χ3v) is 5.34. The second-order valence-electron chi connectivity index (χ2n) is 5.35. The molecule has 3 aliphatic heterocycles. The molecule has 100 valence electrons. The molecule has 0 radical (unpaired) electrons. The fourth-order valence-electron chi connectivity index (χ4n) is 3.38. The monoisotopic (exact) mass is 270 g/mol. The molecule has 5 nitrogen and oxygen atoms in total. The van der Waals surface area contributed by atoms with E-state index in [9.17, 15) is 14.7 Å². The van der Waals surface area contributed by atoms with Crippen LogP contribution in [0.3, 0.4) is 0 Å². The first-order valence-electron chi connectivity index (χ1n) is 6.54. The molecule has 3 fully saturated rings. The molecular formula is C12H18N2O3S. The van der Waals surface area contributed by atoms with E-state index in [4.69, 9.17) is 0 Å². The van der Waals surface area contributed by atoms with Gasteiger partial charge >= 0.3 is 5.97 Å². The van der Waals surface area contributed by atoms with E-state index < -0.39 is 12.0 Å². The number of thioether (sulfide) groups is 1. The number of rotatable bonds is 2. The van der Waals surface area contributed by atoms with Gasteiger partial charge in [-0.1, -0.05) is 0 Å². The lowest BCUT2D eigenvalue weighted by molar-refractivity contribution is -0.151. The fourth-order valence-corrected chi connectivity index (χ4v) is 4.42. The van der Waals surface area contributed by atoms with Gasteiger partial charge in [0.1, 0.15) is 6.04 Å². The van der Waals surface area contributed by atoms with Crippen LogP contribution < -0.4 is 5.32 Å². The van der Waals surface area contributed by atoms with Gasteiger partial charge in [-0.25, -0.2) is 4.79 Å². The SMILES string of the molecule is O=C(O)C1CSCCN1C(=O)C1CC2CCC1N2. The number of hydrogen-bond donors (Lipinski definition) is 2. The predicted molar refractivity (Wildman–Crippen MR) is 68.5 cm³/mol. The van der Waals surface area contributed by atoms with Crippen LogP contribution in [-0.2, 0) is 9.59 Å². The van der Waals surface area contributed by atoms with Crippen molar-refractivity contribution in [3.63, 3.8) is 0 Å². The Morgan fingerprint density at radius 1 is 1.33 bits per heavy atom. The van der Waals surface area contributed by atoms with Crippen LogP contribution in [0.25, 0.3) is 0 Å². The van der Waals surface area contributed by atoms with Crippen LogP contribution in [-0.4, -0.2) is 58.1 Å². The minimum absolute atomic E-state index is 0.00806. The highest BCUT2D eigenvalue weighted by molar-refractivity contribution is 7.99. The summed E-state index contributed by atoms with van der Waals surface area (Å²) in [5, 5.41) is 12.7. The maximum Gasteiger partial charge on any atom is 0.327 e. The zero-order valence-electron chi connectivity index (χ0n) is 10.2. The molecule has 18 heavy (non-hydrogen) atoms. The van der Waals surface area contributed by atoms with Crippen LogP contribution in [0.2, 0.25) is 0 Å². The van der Waals surface area contributed by atoms with Crippen LogP contribution in [0.1, 0.15) is 19.3 Å². The molecule has 2 N–H and O–H groups in total. The number of nitrogens with zero attached hydrogens (tertiary/aromatic N) is 1. The van der Waals surface area contributed by atoms with E-state index >= 15 is 0 Å². The van der Waals surface area contributed by atoms with Crippen molar-refractivity contribution in [1.29, 1.82) is 0 Å². The number of fused-ring (bicyclic) bond motifs is 2. The maximum atomic E-state index is 12.5. The van der Waals surface area contributed by atoms with E-state index in [1.54, 1.807) is 16.7 Å². The molecule has 3 aliphatic rings. The Kier molecular flexibility index (Phi) is 3.23. The van der Waals surface area contributed by atoms with Crippen molar-refractivity contribution < 1.29 is 14.7 Å². The Morgan fingerprint density at radius 3 is 2.78 bits per heavy atom. The Bertz CT molecular complexity index is 376. The van der Waals surface area contributed by atoms with Gasteiger partial charge in [0.2, 0.25) is 5.91 Å². The first kappa shape index (κ1) is 12.3. The second kappa shape index (κ2) is 4.74. The van der Waals surface area contributed by atoms with E-state index in [0.717, 1.165) is 25.0 Å². The smallest absolute Gasteiger partial charge is 0.327 e. The number of nitrogens with one attached hydrogen (secondary N) is 1. The van der Waals surface area contributed by atoms with E-state index in [-0.39, 0.29) is 17.9 Å². The zero-order valence-corrected chi connectivity index (χ0v) is 11.0. The summed E-state index contributed by atoms with van der Waals surface area (Å²) >= 11 is 1.62. The largest absolute Gasteiger partial charge is 0.480 e. The van der Waals surface area contributed by atoms with Crippen molar-refractivity contribution >= 4 is 23.6 Å². The molecule has 0 spiro atoms. The molecular weight excluding hydrogens is 252 g/mol.